The molecule has 0 spiro atoms. The van der Waals surface area contributed by atoms with E-state index in [-0.39, 0.29) is 37.9 Å². The average Bonchev–Trinajstić information content (AvgIpc) is 2.43. The van der Waals surface area contributed by atoms with Crippen LogP contribution < -0.4 is 0 Å². The van der Waals surface area contributed by atoms with Crippen molar-refractivity contribution in [3.8, 4) is 0 Å². The van der Waals surface area contributed by atoms with Crippen LogP contribution in [0.3, 0.4) is 0 Å². The number of aliphatic hydroxyl groups excluding tert-OH is 3. The van der Waals surface area contributed by atoms with Crippen LogP contribution in [0.1, 0.15) is 59.3 Å². The van der Waals surface area contributed by atoms with E-state index in [9.17, 15) is 15.3 Å². The number of hydrogen-bond acceptors (Lipinski definition) is 4. The van der Waals surface area contributed by atoms with Crippen molar-refractivity contribution < 1.29 is 15.3 Å². The molecule has 0 amide bonds. The smallest absolute Gasteiger partial charge is 0.0587 e. The monoisotopic (exact) mass is 275 g/mol. The fraction of sp³-hybridized carbons (Fsp3) is 1.00. The first-order valence-electron chi connectivity index (χ1n) is 7.79. The summed E-state index contributed by atoms with van der Waals surface area (Å²) in [6, 6.07) is 0.118. The second-order valence-corrected chi connectivity index (χ2v) is 5.32. The van der Waals surface area contributed by atoms with Crippen molar-refractivity contribution in [3.63, 3.8) is 0 Å². The molecule has 0 aliphatic rings. The fourth-order valence-corrected chi connectivity index (χ4v) is 2.90. The Morgan fingerprint density at radius 2 is 0.895 bits per heavy atom. The van der Waals surface area contributed by atoms with Gasteiger partial charge in [0.2, 0.25) is 0 Å². The van der Waals surface area contributed by atoms with Crippen LogP contribution in [0.15, 0.2) is 0 Å². The van der Waals surface area contributed by atoms with E-state index >= 15 is 0 Å². The van der Waals surface area contributed by atoms with Gasteiger partial charge in [0.1, 0.15) is 0 Å². The molecule has 4 heteroatoms. The molecular formula is C15H33NO3. The Morgan fingerprint density at radius 3 is 1.05 bits per heavy atom. The maximum atomic E-state index is 9.65. The van der Waals surface area contributed by atoms with Crippen LogP contribution >= 0.6 is 0 Å². The van der Waals surface area contributed by atoms with Gasteiger partial charge in [-0.25, -0.2) is 0 Å². The highest BCUT2D eigenvalue weighted by Crippen LogP contribution is 2.21. The molecule has 0 aliphatic carbocycles. The van der Waals surface area contributed by atoms with E-state index in [0.29, 0.717) is 0 Å². The Balaban J connectivity index is 5.04. The predicted molar refractivity (Wildman–Crippen MR) is 79.2 cm³/mol. The molecule has 0 bridgehead atoms. The zero-order valence-electron chi connectivity index (χ0n) is 12.9. The van der Waals surface area contributed by atoms with Crippen molar-refractivity contribution in [2.45, 2.75) is 77.4 Å². The minimum atomic E-state index is 0.0393. The van der Waals surface area contributed by atoms with Gasteiger partial charge in [0.25, 0.3) is 0 Å². The summed E-state index contributed by atoms with van der Waals surface area (Å²) in [7, 11) is 0. The van der Waals surface area contributed by atoms with E-state index in [1.165, 1.54) is 0 Å². The van der Waals surface area contributed by atoms with Gasteiger partial charge in [-0.1, -0.05) is 40.0 Å². The molecule has 0 aromatic carbocycles. The first kappa shape index (κ1) is 18.8. The van der Waals surface area contributed by atoms with Crippen LogP contribution in [-0.4, -0.2) is 58.2 Å². The summed E-state index contributed by atoms with van der Waals surface area (Å²) in [5, 5.41) is 28.9. The van der Waals surface area contributed by atoms with Crippen molar-refractivity contribution in [1.82, 2.24) is 4.90 Å². The molecule has 3 unspecified atom stereocenters. The third-order valence-corrected chi connectivity index (χ3v) is 3.76. The van der Waals surface area contributed by atoms with Crippen molar-refractivity contribution in [3.05, 3.63) is 0 Å². The second kappa shape index (κ2) is 11.6. The maximum absolute atomic E-state index is 9.65. The SMILES string of the molecule is CCCC(CO)N(C(CO)CCC)C(CO)CCC. The zero-order chi connectivity index (χ0) is 14.7. The largest absolute Gasteiger partial charge is 0.395 e. The molecule has 0 fully saturated rings. The lowest BCUT2D eigenvalue weighted by molar-refractivity contribution is -0.0123. The summed E-state index contributed by atoms with van der Waals surface area (Å²) < 4.78 is 0. The number of hydrogen-bond donors (Lipinski definition) is 3. The van der Waals surface area contributed by atoms with E-state index in [4.69, 9.17) is 0 Å². The lowest BCUT2D eigenvalue weighted by atomic mass is 9.99. The number of rotatable bonds is 12. The average molecular weight is 275 g/mol. The van der Waals surface area contributed by atoms with E-state index in [0.717, 1.165) is 38.5 Å². The summed E-state index contributed by atoms with van der Waals surface area (Å²) >= 11 is 0. The summed E-state index contributed by atoms with van der Waals surface area (Å²) in [5.74, 6) is 0. The molecule has 0 aliphatic heterocycles. The normalized spacial score (nSPS) is 16.6. The van der Waals surface area contributed by atoms with Gasteiger partial charge in [0, 0.05) is 18.1 Å². The lowest BCUT2D eigenvalue weighted by Gasteiger charge is -2.42. The van der Waals surface area contributed by atoms with E-state index in [1.54, 1.807) is 0 Å². The van der Waals surface area contributed by atoms with Crippen molar-refractivity contribution in [1.29, 1.82) is 0 Å². The third kappa shape index (κ3) is 6.21. The summed E-state index contributed by atoms with van der Waals surface area (Å²) in [4.78, 5) is 2.18. The van der Waals surface area contributed by atoms with E-state index in [1.807, 2.05) is 0 Å². The molecule has 0 aromatic rings. The van der Waals surface area contributed by atoms with Gasteiger partial charge in [-0.15, -0.1) is 0 Å². The molecule has 0 rings (SSSR count). The predicted octanol–water partition coefficient (Wildman–Crippen LogP) is 1.77. The Labute approximate surface area is 118 Å². The molecule has 0 aromatic heterocycles. The minimum Gasteiger partial charge on any atom is -0.395 e. The topological polar surface area (TPSA) is 63.9 Å². The standard InChI is InChI=1S/C15H33NO3/c1-4-7-13(10-17)16(14(11-18)8-5-2)15(12-19)9-6-3/h13-15,17-19H,4-12H2,1-3H3. The minimum absolute atomic E-state index is 0.0393. The zero-order valence-corrected chi connectivity index (χ0v) is 12.9. The van der Waals surface area contributed by atoms with E-state index in [2.05, 4.69) is 25.7 Å². The first-order chi connectivity index (χ1) is 9.19. The molecular weight excluding hydrogens is 242 g/mol. The van der Waals surface area contributed by atoms with Gasteiger partial charge in [-0.05, 0) is 19.3 Å². The third-order valence-electron chi connectivity index (χ3n) is 3.76. The number of aliphatic hydroxyl groups is 3. The van der Waals surface area contributed by atoms with Crippen molar-refractivity contribution in [2.75, 3.05) is 19.8 Å². The van der Waals surface area contributed by atoms with Crippen molar-refractivity contribution >= 4 is 0 Å². The highest BCUT2D eigenvalue weighted by Gasteiger charge is 2.30. The van der Waals surface area contributed by atoms with Crippen molar-refractivity contribution in [2.24, 2.45) is 0 Å². The number of nitrogens with zero attached hydrogens (tertiary/aromatic N) is 1. The highest BCUT2D eigenvalue weighted by molar-refractivity contribution is 4.84. The van der Waals surface area contributed by atoms with Crippen LogP contribution in [0.4, 0.5) is 0 Å². The van der Waals surface area contributed by atoms with Gasteiger partial charge in [0.05, 0.1) is 19.8 Å². The molecule has 0 heterocycles. The highest BCUT2D eigenvalue weighted by atomic mass is 16.3. The first-order valence-corrected chi connectivity index (χ1v) is 7.79. The Morgan fingerprint density at radius 1 is 0.632 bits per heavy atom. The second-order valence-electron chi connectivity index (χ2n) is 5.32. The van der Waals surface area contributed by atoms with Crippen LogP contribution in [0.5, 0.6) is 0 Å². The molecule has 0 saturated heterocycles. The fourth-order valence-electron chi connectivity index (χ4n) is 2.90. The molecule has 4 nitrogen and oxygen atoms in total. The molecule has 3 N–H and O–H groups in total. The molecule has 0 radical (unpaired) electrons. The van der Waals surface area contributed by atoms with Crippen LogP contribution in [0.2, 0.25) is 0 Å². The molecule has 19 heavy (non-hydrogen) atoms. The van der Waals surface area contributed by atoms with Crippen LogP contribution in [-0.2, 0) is 0 Å². The Kier molecular flexibility index (Phi) is 11.6. The molecule has 116 valence electrons. The summed E-state index contributed by atoms with van der Waals surface area (Å²) in [5.41, 5.74) is 0. The van der Waals surface area contributed by atoms with Crippen LogP contribution in [0, 0.1) is 0 Å². The molecule has 3 atom stereocenters. The quantitative estimate of drug-likeness (QED) is 0.508. The van der Waals surface area contributed by atoms with Crippen LogP contribution in [0.25, 0.3) is 0 Å². The molecule has 0 saturated carbocycles. The van der Waals surface area contributed by atoms with Gasteiger partial charge in [-0.3, -0.25) is 4.90 Å². The van der Waals surface area contributed by atoms with Gasteiger partial charge < -0.3 is 15.3 Å². The lowest BCUT2D eigenvalue weighted by Crippen LogP contribution is -2.53. The summed E-state index contributed by atoms with van der Waals surface area (Å²) in [6.45, 7) is 6.57. The summed E-state index contributed by atoms with van der Waals surface area (Å²) in [6.07, 6.45) is 5.69. The van der Waals surface area contributed by atoms with E-state index < -0.39 is 0 Å². The Bertz CT molecular complexity index is 169. The van der Waals surface area contributed by atoms with Gasteiger partial charge in [-0.2, -0.15) is 0 Å². The van der Waals surface area contributed by atoms with Gasteiger partial charge >= 0.3 is 0 Å². The Hall–Kier alpha value is -0.160. The van der Waals surface area contributed by atoms with Gasteiger partial charge in [0.15, 0.2) is 0 Å². The maximum Gasteiger partial charge on any atom is 0.0587 e.